The van der Waals surface area contributed by atoms with Gasteiger partial charge in [0.15, 0.2) is 0 Å². The van der Waals surface area contributed by atoms with Crippen LogP contribution in [0.4, 0.5) is 0 Å². The fraction of sp³-hybridized carbons (Fsp3) is 0.750. The van der Waals surface area contributed by atoms with E-state index in [1.54, 1.807) is 27.8 Å². The normalized spacial score (nSPS) is 17.4. The van der Waals surface area contributed by atoms with Gasteiger partial charge in [0.05, 0.1) is 17.6 Å². The van der Waals surface area contributed by atoms with Gasteiger partial charge in [-0.1, -0.05) is 6.92 Å². The van der Waals surface area contributed by atoms with Gasteiger partial charge in [-0.25, -0.2) is 4.79 Å². The summed E-state index contributed by atoms with van der Waals surface area (Å²) >= 11 is 0. The van der Waals surface area contributed by atoms with E-state index in [0.29, 0.717) is 24.2 Å². The van der Waals surface area contributed by atoms with Crippen molar-refractivity contribution in [1.29, 1.82) is 0 Å². The third kappa shape index (κ3) is 7.23. The van der Waals surface area contributed by atoms with Gasteiger partial charge in [-0.15, -0.1) is 5.06 Å². The first-order valence-corrected chi connectivity index (χ1v) is 9.71. The smallest absolute Gasteiger partial charge is 0.338 e. The summed E-state index contributed by atoms with van der Waals surface area (Å²) in [5, 5.41) is 0.557. The van der Waals surface area contributed by atoms with E-state index in [1.165, 1.54) is 4.90 Å². The standard InChI is InChI=1S/C20H32N2O7/c1-14-13-16(25)22(17(14)26)29-18(27)19(2,3)9-12-28-20(4,5)8-7-15(24)21(6)10-11-23/h11,14H,7-10,12-13H2,1-6H3. The Morgan fingerprint density at radius 2 is 1.83 bits per heavy atom. The molecule has 0 aliphatic carbocycles. The molecule has 0 spiro atoms. The van der Waals surface area contributed by atoms with Gasteiger partial charge in [-0.2, -0.15) is 0 Å². The van der Waals surface area contributed by atoms with Gasteiger partial charge in [0.2, 0.25) is 5.91 Å². The Kier molecular flexibility index (Phi) is 8.50. The number of likely N-dealkylation sites (N-methyl/N-ethyl adjacent to an activating group) is 1. The van der Waals surface area contributed by atoms with Crippen LogP contribution >= 0.6 is 0 Å². The number of hydrogen-bond acceptors (Lipinski definition) is 7. The number of nitrogens with zero attached hydrogens (tertiary/aromatic N) is 2. The number of aldehydes is 1. The summed E-state index contributed by atoms with van der Waals surface area (Å²) in [4.78, 5) is 64.9. The van der Waals surface area contributed by atoms with E-state index in [0.717, 1.165) is 0 Å². The third-order valence-electron chi connectivity index (χ3n) is 4.99. The molecule has 0 aromatic carbocycles. The molecular weight excluding hydrogens is 380 g/mol. The fourth-order valence-electron chi connectivity index (χ4n) is 2.63. The number of imide groups is 1. The molecule has 0 saturated carbocycles. The Labute approximate surface area is 171 Å². The summed E-state index contributed by atoms with van der Waals surface area (Å²) in [6.45, 7) is 8.87. The van der Waals surface area contributed by atoms with Gasteiger partial charge in [-0.3, -0.25) is 14.4 Å². The van der Waals surface area contributed by atoms with Gasteiger partial charge < -0.3 is 19.3 Å². The molecule has 0 bridgehead atoms. The van der Waals surface area contributed by atoms with Crippen molar-refractivity contribution in [2.24, 2.45) is 11.3 Å². The molecule has 1 rings (SSSR count). The zero-order valence-electron chi connectivity index (χ0n) is 18.1. The predicted octanol–water partition coefficient (Wildman–Crippen LogP) is 1.49. The highest BCUT2D eigenvalue weighted by Crippen LogP contribution is 2.27. The van der Waals surface area contributed by atoms with Crippen molar-refractivity contribution in [1.82, 2.24) is 9.96 Å². The first kappa shape index (κ1) is 24.7. The van der Waals surface area contributed by atoms with E-state index < -0.39 is 34.7 Å². The minimum Gasteiger partial charge on any atom is -0.376 e. The number of carbonyl (C=O) groups excluding carboxylic acids is 5. The average Bonchev–Trinajstić information content (AvgIpc) is 2.85. The third-order valence-corrected chi connectivity index (χ3v) is 4.99. The van der Waals surface area contributed by atoms with Crippen LogP contribution in [0.25, 0.3) is 0 Å². The highest BCUT2D eigenvalue weighted by Gasteiger charge is 2.41. The Bertz CT molecular complexity index is 657. The molecular formula is C20H32N2O7. The lowest BCUT2D eigenvalue weighted by atomic mass is 9.90. The van der Waals surface area contributed by atoms with Crippen LogP contribution in [0.3, 0.4) is 0 Å². The van der Waals surface area contributed by atoms with Crippen LogP contribution in [-0.4, -0.2) is 65.7 Å². The molecule has 9 nitrogen and oxygen atoms in total. The molecule has 1 atom stereocenters. The van der Waals surface area contributed by atoms with Crippen LogP contribution in [0, 0.1) is 11.3 Å². The number of ether oxygens (including phenoxy) is 1. The van der Waals surface area contributed by atoms with Gasteiger partial charge in [-0.05, 0) is 40.5 Å². The number of hydrogen-bond donors (Lipinski definition) is 0. The van der Waals surface area contributed by atoms with Crippen LogP contribution in [0.5, 0.6) is 0 Å². The molecule has 1 fully saturated rings. The van der Waals surface area contributed by atoms with E-state index in [2.05, 4.69) is 0 Å². The number of amides is 3. The number of carbonyl (C=O) groups is 5. The summed E-state index contributed by atoms with van der Waals surface area (Å²) in [5.74, 6) is -2.35. The maximum atomic E-state index is 12.4. The van der Waals surface area contributed by atoms with Crippen LogP contribution in [0.2, 0.25) is 0 Å². The van der Waals surface area contributed by atoms with Crippen LogP contribution < -0.4 is 0 Å². The summed E-state index contributed by atoms with van der Waals surface area (Å²) in [7, 11) is 1.56. The van der Waals surface area contributed by atoms with Crippen molar-refractivity contribution < 1.29 is 33.5 Å². The second-order valence-electron chi connectivity index (χ2n) is 8.69. The van der Waals surface area contributed by atoms with Gasteiger partial charge in [0, 0.05) is 32.4 Å². The molecule has 29 heavy (non-hydrogen) atoms. The maximum absolute atomic E-state index is 12.4. The Morgan fingerprint density at radius 1 is 1.21 bits per heavy atom. The summed E-state index contributed by atoms with van der Waals surface area (Å²) < 4.78 is 5.84. The van der Waals surface area contributed by atoms with Crippen molar-refractivity contribution in [2.45, 2.75) is 65.9 Å². The minimum atomic E-state index is -0.970. The molecule has 1 aliphatic rings. The summed E-state index contributed by atoms with van der Waals surface area (Å²) in [6.07, 6.45) is 1.70. The number of hydroxylamine groups is 2. The molecule has 0 N–H and O–H groups in total. The van der Waals surface area contributed by atoms with Crippen LogP contribution in [-0.2, 0) is 33.5 Å². The summed E-state index contributed by atoms with van der Waals surface area (Å²) in [6, 6.07) is 0. The van der Waals surface area contributed by atoms with Crippen LogP contribution in [0.15, 0.2) is 0 Å². The highest BCUT2D eigenvalue weighted by atomic mass is 16.7. The fourth-order valence-corrected chi connectivity index (χ4v) is 2.63. The Hall–Kier alpha value is -2.29. The zero-order valence-corrected chi connectivity index (χ0v) is 18.1. The molecule has 0 aromatic rings. The Morgan fingerprint density at radius 3 is 2.34 bits per heavy atom. The topological polar surface area (TPSA) is 110 Å². The van der Waals surface area contributed by atoms with Crippen molar-refractivity contribution in [2.75, 3.05) is 20.2 Å². The van der Waals surface area contributed by atoms with E-state index >= 15 is 0 Å². The van der Waals surface area contributed by atoms with E-state index in [9.17, 15) is 24.0 Å². The van der Waals surface area contributed by atoms with Gasteiger partial charge in [0.1, 0.15) is 6.29 Å². The lowest BCUT2D eigenvalue weighted by Crippen LogP contribution is -2.39. The molecule has 1 aliphatic heterocycles. The second kappa shape index (κ2) is 9.96. The molecule has 0 aromatic heterocycles. The molecule has 0 radical (unpaired) electrons. The van der Waals surface area contributed by atoms with E-state index in [-0.39, 0.29) is 31.9 Å². The van der Waals surface area contributed by atoms with Gasteiger partial charge >= 0.3 is 5.97 Å². The van der Waals surface area contributed by atoms with Crippen molar-refractivity contribution in [3.05, 3.63) is 0 Å². The van der Waals surface area contributed by atoms with Crippen molar-refractivity contribution >= 4 is 30.0 Å². The van der Waals surface area contributed by atoms with Crippen molar-refractivity contribution in [3.8, 4) is 0 Å². The largest absolute Gasteiger partial charge is 0.376 e. The van der Waals surface area contributed by atoms with Crippen molar-refractivity contribution in [3.63, 3.8) is 0 Å². The van der Waals surface area contributed by atoms with E-state index in [1.807, 2.05) is 13.8 Å². The average molecular weight is 412 g/mol. The van der Waals surface area contributed by atoms with E-state index in [4.69, 9.17) is 9.57 Å². The first-order valence-electron chi connectivity index (χ1n) is 9.71. The monoisotopic (exact) mass is 412 g/mol. The SMILES string of the molecule is CC1CC(=O)N(OC(=O)C(C)(C)CCOC(C)(C)CCC(=O)N(C)CC=O)C1=O. The molecule has 164 valence electrons. The molecule has 9 heteroatoms. The lowest BCUT2D eigenvalue weighted by Gasteiger charge is -2.29. The Balaban J connectivity index is 2.48. The number of rotatable bonds is 11. The van der Waals surface area contributed by atoms with Gasteiger partial charge in [0.25, 0.3) is 11.8 Å². The molecule has 1 heterocycles. The molecule has 1 saturated heterocycles. The summed E-state index contributed by atoms with van der Waals surface area (Å²) in [5.41, 5.74) is -1.57. The molecule has 1 unspecified atom stereocenters. The second-order valence-corrected chi connectivity index (χ2v) is 8.69. The lowest BCUT2D eigenvalue weighted by molar-refractivity contribution is -0.205. The minimum absolute atomic E-state index is 0.0323. The predicted molar refractivity (Wildman–Crippen MR) is 103 cm³/mol. The molecule has 3 amide bonds. The zero-order chi connectivity index (χ0) is 22.4. The quantitative estimate of drug-likeness (QED) is 0.373. The highest BCUT2D eigenvalue weighted by molar-refractivity contribution is 6.03. The first-order chi connectivity index (χ1) is 13.3. The maximum Gasteiger partial charge on any atom is 0.338 e. The van der Waals surface area contributed by atoms with Crippen LogP contribution in [0.1, 0.15) is 60.3 Å².